The van der Waals surface area contributed by atoms with Gasteiger partial charge in [-0.2, -0.15) is 0 Å². The van der Waals surface area contributed by atoms with Crippen LogP contribution in [0.5, 0.6) is 0 Å². The zero-order valence-corrected chi connectivity index (χ0v) is 98.2. The predicted molar refractivity (Wildman–Crippen MR) is 286 cm³/mol. The minimum Gasteiger partial charge on any atom is -0.358 e. The van der Waals surface area contributed by atoms with Crippen molar-refractivity contribution in [2.24, 2.45) is 0 Å². The van der Waals surface area contributed by atoms with Crippen molar-refractivity contribution in [2.75, 3.05) is 42.3 Å². The summed E-state index contributed by atoms with van der Waals surface area (Å²) in [5.41, 5.74) is 0. The maximum atomic E-state index is 2.17. The molecule has 0 rings (SSSR count). The molecule has 0 unspecified atom stereocenters. The second-order valence-electron chi connectivity index (χ2n) is 4.42. The van der Waals surface area contributed by atoms with Crippen molar-refractivity contribution >= 4 is 6.71 Å². The van der Waals surface area contributed by atoms with E-state index >= 15 is 0 Å². The Balaban J connectivity index is -0.000000000230. The van der Waals surface area contributed by atoms with Crippen LogP contribution in [-0.2, 0) is 687 Å². The van der Waals surface area contributed by atoms with Crippen molar-refractivity contribution in [3.63, 3.8) is 0 Å². The minimum atomic E-state index is 0. The third kappa shape index (κ3) is 1260. The van der Waals surface area contributed by atoms with Crippen LogP contribution < -0.4 is 0 Å². The third-order valence-electron chi connectivity index (χ3n) is 0. The fraction of sp³-hybridized carbons (Fsp3) is 0.628. The molecule has 0 aliphatic heterocycles. The molecule has 0 spiro atoms. The molecule has 399 valence electrons. The van der Waals surface area contributed by atoms with E-state index in [2.05, 4.69) is 20.5 Å². The van der Waals surface area contributed by atoms with E-state index in [1.165, 1.54) is 0 Å². The van der Waals surface area contributed by atoms with Gasteiger partial charge >= 0.3 is 131 Å². The predicted octanol–water partition coefficient (Wildman–Crippen LogP) is 20.3. The van der Waals surface area contributed by atoms with E-state index in [1.54, 1.807) is 0 Å². The minimum absolute atomic E-state index is 0. The fourth-order valence-corrected chi connectivity index (χ4v) is 0. The largest absolute Gasteiger partial charge is 3.00 e. The first-order valence-electron chi connectivity index (χ1n) is 4.42. The third-order valence-corrected chi connectivity index (χ3v) is 0. The molecule has 0 amide bonds. The summed E-state index contributed by atoms with van der Waals surface area (Å²) >= 11 is 0. The van der Waals surface area contributed by atoms with Crippen LogP contribution >= 0.6 is 0 Å². The molecule has 0 bridgehead atoms. The first-order valence-corrected chi connectivity index (χ1v) is 4.42. The normalized spacial score (nSPS) is 1.48. The monoisotopic (exact) mass is 2570 g/mol. The molecule has 0 aliphatic rings. The molecule has 17 radical (unpaired) electrons. The summed E-state index contributed by atoms with van der Waals surface area (Å²) in [6.45, 7) is 7.33. The van der Waals surface area contributed by atoms with Gasteiger partial charge in [0.15, 0.2) is 0 Å². The average Bonchev–Trinajstić information content (AvgIpc) is 1.54. The molecule has 0 aromatic rings. The Bertz CT molecular complexity index is 107. The van der Waals surface area contributed by atoms with Crippen LogP contribution in [0.25, 0.3) is 0 Å². The van der Waals surface area contributed by atoms with Crippen LogP contribution in [0.2, 0.25) is 20.5 Å². The Morgan fingerprint density at radius 1 is 0.164 bits per heavy atom. The van der Waals surface area contributed by atoms with Crippen LogP contribution in [-0.4, -0.2) is 58.8 Å². The second-order valence-corrected chi connectivity index (χ2v) is 4.42. The van der Waals surface area contributed by atoms with Gasteiger partial charge in [-0.3, -0.25) is 0 Å². The summed E-state index contributed by atoms with van der Waals surface area (Å²) in [7, 11) is 12.0. The number of nitrogens with zero attached hydrogens (tertiary/aromatic N) is 2. The summed E-state index contributed by atoms with van der Waals surface area (Å²) in [6, 6.07) is 0. The zero-order chi connectivity index (χ0) is 10.7. The van der Waals surface area contributed by atoms with Gasteiger partial charge in [0.2, 0.25) is 0 Å². The summed E-state index contributed by atoms with van der Waals surface area (Å²) in [6.07, 6.45) is 0. The fourth-order valence-electron chi connectivity index (χ4n) is 0. The summed E-state index contributed by atoms with van der Waals surface area (Å²) in [4.78, 5) is 4.00. The van der Waals surface area contributed by atoms with E-state index < -0.39 is 0 Å². The average molecular weight is 2570 g/mol. The van der Waals surface area contributed by atoms with Gasteiger partial charge < -0.3 is 129 Å². The van der Waals surface area contributed by atoms with Crippen molar-refractivity contribution in [3.8, 4) is 0 Å². The van der Waals surface area contributed by atoms with Crippen LogP contribution in [0.4, 0.5) is 0 Å². The van der Waals surface area contributed by atoms with Gasteiger partial charge in [0.25, 0.3) is 0 Å². The van der Waals surface area contributed by atoms with Crippen molar-refractivity contribution in [3.05, 3.63) is 119 Å². The molecule has 0 aliphatic carbocycles. The molecule has 2 nitrogen and oxygen atoms in total. The zero-order valence-electron chi connectivity index (χ0n) is 38.6. The molecule has 0 atom stereocenters. The van der Waals surface area contributed by atoms with E-state index in [9.17, 15) is 0 Å². The maximum Gasteiger partial charge on any atom is 3.00 e. The maximum absolute atomic E-state index is 2.17. The van der Waals surface area contributed by atoms with Gasteiger partial charge in [-0.25, -0.2) is 0 Å². The van der Waals surface area contributed by atoms with Crippen LogP contribution in [0, 0.1) is 119 Å². The van der Waals surface area contributed by atoms with Gasteiger partial charge in [-0.15, -0.1) is 0 Å². The van der Waals surface area contributed by atoms with E-state index in [-0.39, 0.29) is 939 Å². The standard InChI is InChI=1S/C3H9B.2C3H9N.18CH4.16CH3.21Y/c3*1-4(2)3;;;;;;;;;;;;;;;;;;;;;;;;;;;;;;;;;;;;;;;;;;;;;;;;;;;;;;;/h3*1-3H3;18*1H4;16*1H3;;;;;;;;;;;;;;;;;;;;;/q;;;;;;;;;;;;;;;;;;;;;16*-1;;;;;;;;;;;;;;;;;;4*+3. The Morgan fingerprint density at radius 2 is 0.164 bits per heavy atom. The van der Waals surface area contributed by atoms with Crippen LogP contribution in [0.1, 0.15) is 134 Å². The first-order chi connectivity index (χ1) is 5.20. The van der Waals surface area contributed by atoms with Gasteiger partial charge in [0.1, 0.15) is 6.71 Å². The number of hydrogen-bond donors (Lipinski definition) is 0. The van der Waals surface area contributed by atoms with Crippen molar-refractivity contribution in [1.29, 1.82) is 0 Å². The Labute approximate surface area is 990 Å². The summed E-state index contributed by atoms with van der Waals surface area (Å²) in [5.74, 6) is 0. The van der Waals surface area contributed by atoms with Crippen molar-refractivity contribution in [1.82, 2.24) is 9.80 Å². The molecule has 0 fully saturated rings. The smallest absolute Gasteiger partial charge is 0.358 e. The molecule has 0 heterocycles. The van der Waals surface area contributed by atoms with Crippen LogP contribution in [0.15, 0.2) is 0 Å². The quantitative estimate of drug-likeness (QED) is 0.176. The SMILES string of the molecule is C.C.C.C.C.C.C.C.C.C.C.C.C.C.C.C.C.C.CB(C)C.CN(C)C.CN(C)C.[CH3-].[CH3-].[CH3-].[CH3-].[CH3-].[CH3-].[CH3-].[CH3-].[CH3-].[CH3-].[CH3-].[CH3-].[CH3-].[CH3-].[CH3-].[CH3-].[Y+3].[Y+3].[Y+3].[Y+3].[Y].[Y].[Y].[Y].[Y].[Y].[Y].[Y].[Y].[Y].[Y].[Y].[Y].[Y].[Y].[Y].[Y]. The van der Waals surface area contributed by atoms with Crippen LogP contribution in [0.3, 0.4) is 0 Å². The molecule has 0 saturated carbocycles. The molecule has 67 heavy (non-hydrogen) atoms. The summed E-state index contributed by atoms with van der Waals surface area (Å²) in [5, 5.41) is 0. The first kappa shape index (κ1) is 693. The van der Waals surface area contributed by atoms with Gasteiger partial charge in [0.05, 0.1) is 0 Å². The van der Waals surface area contributed by atoms with E-state index in [1.807, 2.05) is 52.1 Å². The van der Waals surface area contributed by atoms with Gasteiger partial charge in [-0.1, -0.05) is 154 Å². The molecular weight excluding hydrogens is 2420 g/mol. The molecule has 0 aromatic carbocycles. The topological polar surface area (TPSA) is 6.48 Å². The molecule has 0 N–H and O–H groups in total. The van der Waals surface area contributed by atoms with Gasteiger partial charge in [0, 0.05) is 556 Å². The van der Waals surface area contributed by atoms with E-state index in [4.69, 9.17) is 0 Å². The molecular formula is C43H147BN2Y21-4. The van der Waals surface area contributed by atoms with E-state index in [0.717, 1.165) is 6.71 Å². The van der Waals surface area contributed by atoms with Gasteiger partial charge in [-0.05, 0) is 42.3 Å². The summed E-state index contributed by atoms with van der Waals surface area (Å²) < 4.78 is 0. The molecule has 24 heteroatoms. The Kier molecular flexibility index (Phi) is 6930. The molecule has 0 aromatic heterocycles. The Hall–Kier alpha value is 23.2. The van der Waals surface area contributed by atoms with Crippen molar-refractivity contribution in [2.45, 2.75) is 154 Å². The number of hydrogen-bond acceptors (Lipinski definition) is 2. The Morgan fingerprint density at radius 3 is 0.164 bits per heavy atom. The van der Waals surface area contributed by atoms with E-state index in [0.29, 0.717) is 0 Å². The molecule has 0 saturated heterocycles. The second kappa shape index (κ2) is 670. The van der Waals surface area contributed by atoms with Crippen molar-refractivity contribution < 1.29 is 687 Å². The number of rotatable bonds is 0.